The summed E-state index contributed by atoms with van der Waals surface area (Å²) in [5, 5.41) is 9.24. The highest BCUT2D eigenvalue weighted by Crippen LogP contribution is 2.59. The van der Waals surface area contributed by atoms with Crippen molar-refractivity contribution >= 4 is 149 Å². The Bertz CT molecular complexity index is 6580. The van der Waals surface area contributed by atoms with Crippen LogP contribution in [0.15, 0.2) is 334 Å². The van der Waals surface area contributed by atoms with Crippen LogP contribution in [0, 0.1) is 0 Å². The van der Waals surface area contributed by atoms with E-state index in [1.165, 1.54) is 30.9 Å². The molecule has 0 aliphatic carbocycles. The Labute approximate surface area is 565 Å². The smallest absolute Gasteiger partial charge is 0.252 e. The molecule has 4 nitrogen and oxygen atoms in total. The first kappa shape index (κ1) is 48.5. The van der Waals surface area contributed by atoms with E-state index in [1.807, 2.05) is 17.4 Å². The minimum Gasteiger partial charge on any atom is -0.309 e. The van der Waals surface area contributed by atoms with E-state index in [1.54, 1.807) is 0 Å². The third-order valence-electron chi connectivity index (χ3n) is 20.5. The van der Waals surface area contributed by atoms with Crippen LogP contribution in [0.25, 0.3) is 141 Å². The number of hydrogen-bond donors (Lipinski definition) is 0. The number of rotatable bonds is 8. The molecule has 19 aromatic rings. The van der Waals surface area contributed by atoms with Gasteiger partial charge in [0.25, 0.3) is 6.71 Å². The SMILES string of the molecule is [2H]c1c([2H])c([2H])c(-c2ccc3c(c2)N(c2c(-c4ccccc4)cccc2-c2ccccc2)c2c4c(c5c6ccccc6n6c7ccccc7c2c56)N(c2c(-c5ccccc5)cccc2-c2ccccc2)c2cc(-n5c6ccccc6c6ccc7c8ccccc8sc7c65)ccc2B34)c([2H])c1[2H]. The molecular weight excluding hydrogens is 1180 g/mol. The number of anilines is 6. The van der Waals surface area contributed by atoms with Crippen molar-refractivity contribution in [2.45, 2.75) is 0 Å². The molecule has 0 fully saturated rings. The second-order valence-electron chi connectivity index (χ2n) is 25.4. The molecule has 21 rings (SSSR count). The van der Waals surface area contributed by atoms with Crippen molar-refractivity contribution < 1.29 is 6.85 Å². The van der Waals surface area contributed by atoms with Crippen LogP contribution in [0.3, 0.4) is 0 Å². The Kier molecular flexibility index (Phi) is 10.4. The third-order valence-corrected chi connectivity index (χ3v) is 21.7. The molecule has 2 aliphatic rings. The van der Waals surface area contributed by atoms with Crippen molar-refractivity contribution in [2.75, 3.05) is 9.80 Å². The van der Waals surface area contributed by atoms with Crippen molar-refractivity contribution in [1.29, 1.82) is 0 Å². The average Bonchev–Trinajstić information content (AvgIpc) is 1.03. The predicted octanol–water partition coefficient (Wildman–Crippen LogP) is 22.7. The van der Waals surface area contributed by atoms with Gasteiger partial charge in [-0.05, 0) is 92.2 Å². The van der Waals surface area contributed by atoms with Gasteiger partial charge < -0.3 is 18.8 Å². The van der Waals surface area contributed by atoms with Gasteiger partial charge in [-0.2, -0.15) is 0 Å². The van der Waals surface area contributed by atoms with E-state index in [4.69, 9.17) is 4.11 Å². The average molecular weight is 1240 g/mol. The van der Waals surface area contributed by atoms with Gasteiger partial charge in [0.15, 0.2) is 0 Å². The summed E-state index contributed by atoms with van der Waals surface area (Å²) >= 11 is 1.85. The van der Waals surface area contributed by atoms with Crippen LogP contribution in [-0.2, 0) is 0 Å². The maximum Gasteiger partial charge on any atom is 0.252 e. The lowest BCUT2D eigenvalue weighted by Gasteiger charge is -2.46. The van der Waals surface area contributed by atoms with E-state index in [9.17, 15) is 2.74 Å². The number of nitrogens with zero attached hydrogens (tertiary/aromatic N) is 4. The summed E-state index contributed by atoms with van der Waals surface area (Å²) in [6.45, 7) is -0.475. The van der Waals surface area contributed by atoms with Crippen LogP contribution in [0.1, 0.15) is 6.85 Å². The molecule has 0 amide bonds. The molecule has 0 atom stereocenters. The molecule has 15 aromatic carbocycles. The van der Waals surface area contributed by atoms with E-state index in [-0.39, 0.29) is 29.7 Å². The lowest BCUT2D eigenvalue weighted by atomic mass is 9.33. The van der Waals surface area contributed by atoms with E-state index in [0.717, 1.165) is 150 Å². The Morgan fingerprint density at radius 2 is 0.771 bits per heavy atom. The van der Waals surface area contributed by atoms with Crippen molar-refractivity contribution in [3.8, 4) is 61.3 Å². The summed E-state index contributed by atoms with van der Waals surface area (Å²) in [6, 6.07) is 109. The number of para-hydroxylation sites is 5. The molecule has 0 bridgehead atoms. The standard InChI is InChI=1S/C90H55BN4S/c1-6-26-56(27-7-1)61-48-52-73-78(54-61)94(84-63(57-28-8-2-9-29-57)40-24-41-64(84)58-30-10-3-11-31-58)88-81-71-38-17-21-45-76(71)93-77-46-22-18-39-72(77)82(87(81)93)89-83(88)91(73)74-53-49-62(92-75-44-20-16-36-67(75)69-50-51-70-68-37-19-23-47-80(68)96-90(70)86(69)92)55-79(74)95(89)85-65(59-32-12-4-13-33-59)42-25-43-66(85)60-34-14-5-15-35-60/h1-55H/i1D,6D,7D,26D,27D. The number of fused-ring (bicyclic) bond motifs is 19. The fourth-order valence-electron chi connectivity index (χ4n) is 16.6. The van der Waals surface area contributed by atoms with E-state index >= 15 is 0 Å². The normalized spacial score (nSPS) is 13.5. The van der Waals surface area contributed by atoms with Crippen molar-refractivity contribution in [2.24, 2.45) is 0 Å². The second-order valence-corrected chi connectivity index (χ2v) is 26.4. The quantitative estimate of drug-likeness (QED) is 0.141. The van der Waals surface area contributed by atoms with Crippen LogP contribution >= 0.6 is 11.3 Å². The van der Waals surface area contributed by atoms with E-state index in [2.05, 4.69) is 316 Å². The first-order valence-corrected chi connectivity index (χ1v) is 33.6. The second kappa shape index (κ2) is 20.6. The van der Waals surface area contributed by atoms with Gasteiger partial charge in [0.05, 0.1) is 61.9 Å². The van der Waals surface area contributed by atoms with Gasteiger partial charge in [-0.1, -0.05) is 291 Å². The lowest BCUT2D eigenvalue weighted by molar-refractivity contribution is 1.18. The maximum atomic E-state index is 9.66. The van der Waals surface area contributed by atoms with Gasteiger partial charge in [-0.15, -0.1) is 11.3 Å². The maximum absolute atomic E-state index is 9.66. The summed E-state index contributed by atoms with van der Waals surface area (Å²) in [5.74, 6) is 0. The monoisotopic (exact) mass is 1240 g/mol. The Hall–Kier alpha value is -12.2. The minimum absolute atomic E-state index is 0.139. The van der Waals surface area contributed by atoms with Crippen molar-refractivity contribution in [3.63, 3.8) is 0 Å². The summed E-state index contributed by atoms with van der Waals surface area (Å²) in [7, 11) is 0. The molecule has 2 aliphatic heterocycles. The third kappa shape index (κ3) is 7.50. The van der Waals surface area contributed by atoms with Crippen molar-refractivity contribution in [1.82, 2.24) is 8.97 Å². The number of benzene rings is 15. The van der Waals surface area contributed by atoms with E-state index in [0.29, 0.717) is 5.56 Å². The molecule has 0 N–H and O–H groups in total. The van der Waals surface area contributed by atoms with Crippen LogP contribution in [0.5, 0.6) is 0 Å². The highest BCUT2D eigenvalue weighted by atomic mass is 32.1. The molecule has 6 heteroatoms. The molecule has 0 spiro atoms. The number of hydrogen-bond acceptors (Lipinski definition) is 3. The van der Waals surface area contributed by atoms with Gasteiger partial charge >= 0.3 is 0 Å². The zero-order chi connectivity index (χ0) is 67.0. The highest BCUT2D eigenvalue weighted by Gasteiger charge is 2.48. The van der Waals surface area contributed by atoms with Crippen LogP contribution < -0.4 is 26.2 Å². The molecule has 4 aromatic heterocycles. The van der Waals surface area contributed by atoms with Gasteiger partial charge in [0.2, 0.25) is 0 Å². The molecule has 6 heterocycles. The van der Waals surface area contributed by atoms with Gasteiger partial charge in [0, 0.05) is 87.1 Å². The van der Waals surface area contributed by atoms with Crippen LogP contribution in [-0.4, -0.2) is 15.7 Å². The largest absolute Gasteiger partial charge is 0.309 e. The molecule has 0 saturated carbocycles. The topological polar surface area (TPSA) is 15.8 Å². The number of aromatic nitrogens is 2. The summed E-state index contributed by atoms with van der Waals surface area (Å²) < 4.78 is 54.0. The zero-order valence-electron chi connectivity index (χ0n) is 56.6. The molecule has 0 radical (unpaired) electrons. The Morgan fingerprint density at radius 1 is 0.312 bits per heavy atom. The first-order valence-electron chi connectivity index (χ1n) is 35.3. The summed E-state index contributed by atoms with van der Waals surface area (Å²) in [6.07, 6.45) is 0. The number of thiophene rings is 1. The van der Waals surface area contributed by atoms with Crippen LogP contribution in [0.2, 0.25) is 0 Å². The molecule has 96 heavy (non-hydrogen) atoms. The van der Waals surface area contributed by atoms with Gasteiger partial charge in [-0.25, -0.2) is 0 Å². The van der Waals surface area contributed by atoms with Crippen molar-refractivity contribution in [3.05, 3.63) is 334 Å². The predicted molar refractivity (Wildman–Crippen MR) is 410 cm³/mol. The van der Waals surface area contributed by atoms with E-state index < -0.39 is 12.8 Å². The summed E-state index contributed by atoms with van der Waals surface area (Å²) in [5.41, 5.74) is 24.5. The lowest BCUT2D eigenvalue weighted by Crippen LogP contribution is -2.61. The zero-order valence-corrected chi connectivity index (χ0v) is 52.5. The van der Waals surface area contributed by atoms with Crippen LogP contribution in [0.4, 0.5) is 34.1 Å². The first-order chi connectivity index (χ1) is 49.8. The molecule has 444 valence electrons. The Balaban J connectivity index is 1.00. The molecule has 0 saturated heterocycles. The molecule has 0 unspecified atom stereocenters. The highest BCUT2D eigenvalue weighted by molar-refractivity contribution is 7.26. The fourth-order valence-corrected chi connectivity index (χ4v) is 17.9. The van der Waals surface area contributed by atoms with Gasteiger partial charge in [-0.3, -0.25) is 0 Å². The summed E-state index contributed by atoms with van der Waals surface area (Å²) in [4.78, 5) is 5.20. The minimum atomic E-state index is -0.475. The fraction of sp³-hybridized carbons (Fsp3) is 0. The van der Waals surface area contributed by atoms with Gasteiger partial charge in [0.1, 0.15) is 0 Å². The Morgan fingerprint density at radius 3 is 1.32 bits per heavy atom. The molecular formula is C90H55BN4S.